The first-order chi connectivity index (χ1) is 4.95. The quantitative estimate of drug-likeness (QED) is 0.454. The average molecular weight is 130 g/mol. The third-order valence-corrected chi connectivity index (χ3v) is 1.75. The van der Waals surface area contributed by atoms with E-state index in [1.54, 1.807) is 4.57 Å². The summed E-state index contributed by atoms with van der Waals surface area (Å²) < 4.78 is 6.82. The van der Waals surface area contributed by atoms with Crippen LogP contribution >= 0.6 is 0 Å². The van der Waals surface area contributed by atoms with Crippen LogP contribution in [0, 0.1) is 6.20 Å². The van der Waals surface area contributed by atoms with Gasteiger partial charge in [0.1, 0.15) is 0 Å². The van der Waals surface area contributed by atoms with Crippen LogP contribution in [-0.2, 0) is 0 Å². The van der Waals surface area contributed by atoms with E-state index in [2.05, 4.69) is 6.20 Å². The van der Waals surface area contributed by atoms with Gasteiger partial charge in [-0.2, -0.15) is 4.57 Å². The van der Waals surface area contributed by atoms with Crippen molar-refractivity contribution in [3.8, 4) is 0 Å². The first kappa shape index (κ1) is 4.39. The molecule has 0 atom stereocenters. The lowest BCUT2D eigenvalue weighted by Gasteiger charge is -1.87. The fourth-order valence-electron chi connectivity index (χ4n) is 1.25. The fraction of sp³-hybridized carbons (Fsp3) is 0. The molecule has 0 saturated heterocycles. The van der Waals surface area contributed by atoms with Crippen LogP contribution in [0.15, 0.2) is 28.8 Å². The van der Waals surface area contributed by atoms with Gasteiger partial charge in [0.2, 0.25) is 0 Å². The summed E-state index contributed by atoms with van der Waals surface area (Å²) in [6, 6.07) is 8.04. The van der Waals surface area contributed by atoms with Gasteiger partial charge in [-0.1, -0.05) is 12.1 Å². The van der Waals surface area contributed by atoms with Gasteiger partial charge in [0.15, 0.2) is 11.8 Å². The molecule has 0 aliphatic rings. The van der Waals surface area contributed by atoms with Crippen molar-refractivity contribution in [1.29, 1.82) is 0 Å². The molecule has 0 aliphatic carbocycles. The largest absolute Gasteiger partial charge is 0.371 e. The Balaban J connectivity index is 2.78. The third-order valence-electron chi connectivity index (χ3n) is 1.75. The van der Waals surface area contributed by atoms with E-state index in [9.17, 15) is 0 Å². The number of hydrogen-bond acceptors (Lipinski definition) is 1. The van der Waals surface area contributed by atoms with E-state index in [0.717, 1.165) is 16.5 Å². The number of hydrogen-bond donors (Lipinski definition) is 0. The first-order valence-electron chi connectivity index (χ1n) is 3.16. The lowest BCUT2D eigenvalue weighted by Crippen LogP contribution is -1.79. The minimum Gasteiger partial charge on any atom is -0.371 e. The van der Waals surface area contributed by atoms with Crippen molar-refractivity contribution in [3.63, 3.8) is 0 Å². The van der Waals surface area contributed by atoms with Crippen LogP contribution in [0.4, 0.5) is 0 Å². The second kappa shape index (κ2) is 1.19. The smallest absolute Gasteiger partial charge is 0.194 e. The minimum atomic E-state index is 0.871. The maximum absolute atomic E-state index is 5.16. The average Bonchev–Trinajstić information content (AvgIpc) is 2.36. The normalized spacial score (nSPS) is 12.0. The van der Waals surface area contributed by atoms with Crippen LogP contribution in [0.5, 0.6) is 0 Å². The molecule has 4 rings (SSSR count). The molecule has 2 bridgehead atoms. The predicted octanol–water partition coefficient (Wildman–Crippen LogP) is 1.92. The summed E-state index contributed by atoms with van der Waals surface area (Å²) in [4.78, 5) is 0. The molecule has 3 aromatic heterocycles. The molecular formula is C8H4NO. The topological polar surface area (TPSA) is 17.6 Å². The van der Waals surface area contributed by atoms with Gasteiger partial charge in [0, 0.05) is 5.39 Å². The Labute approximate surface area is 57.0 Å². The van der Waals surface area contributed by atoms with Gasteiger partial charge < -0.3 is 4.52 Å². The van der Waals surface area contributed by atoms with Crippen molar-refractivity contribution in [1.82, 2.24) is 4.57 Å². The molecule has 0 N–H and O–H groups in total. The van der Waals surface area contributed by atoms with Crippen LogP contribution in [0.3, 0.4) is 0 Å². The summed E-state index contributed by atoms with van der Waals surface area (Å²) in [5.74, 6) is 0. The molecule has 2 nitrogen and oxygen atoms in total. The van der Waals surface area contributed by atoms with Crippen molar-refractivity contribution < 1.29 is 4.52 Å². The van der Waals surface area contributed by atoms with Gasteiger partial charge in [-0.3, -0.25) is 0 Å². The number of rotatable bonds is 0. The van der Waals surface area contributed by atoms with E-state index < -0.39 is 0 Å². The summed E-state index contributed by atoms with van der Waals surface area (Å²) in [5, 5.41) is 1.16. The molecular weight excluding hydrogens is 126 g/mol. The van der Waals surface area contributed by atoms with Gasteiger partial charge in [0.05, 0.1) is 5.52 Å². The zero-order valence-corrected chi connectivity index (χ0v) is 5.16. The van der Waals surface area contributed by atoms with Crippen molar-refractivity contribution in [3.05, 3.63) is 30.5 Å². The highest BCUT2D eigenvalue weighted by atomic mass is 16.5. The van der Waals surface area contributed by atoms with Crippen molar-refractivity contribution in [2.75, 3.05) is 0 Å². The highest BCUT2D eigenvalue weighted by molar-refractivity contribution is 5.94. The summed E-state index contributed by atoms with van der Waals surface area (Å²) in [6.45, 7) is 0. The molecule has 0 fully saturated rings. The van der Waals surface area contributed by atoms with Gasteiger partial charge >= 0.3 is 0 Å². The molecule has 0 aliphatic heterocycles. The van der Waals surface area contributed by atoms with Crippen LogP contribution in [0.25, 0.3) is 16.5 Å². The van der Waals surface area contributed by atoms with Gasteiger partial charge in [-0.15, -0.1) is 0 Å². The van der Waals surface area contributed by atoms with E-state index in [-0.39, 0.29) is 0 Å². The van der Waals surface area contributed by atoms with E-state index in [1.165, 1.54) is 0 Å². The summed E-state index contributed by atoms with van der Waals surface area (Å²) in [5.41, 5.74) is 1.98. The van der Waals surface area contributed by atoms with E-state index >= 15 is 0 Å². The molecule has 0 amide bonds. The zero-order chi connectivity index (χ0) is 6.55. The number of aromatic nitrogens is 1. The van der Waals surface area contributed by atoms with Crippen molar-refractivity contribution in [2.45, 2.75) is 0 Å². The third kappa shape index (κ3) is 0.310. The highest BCUT2D eigenvalue weighted by Gasteiger charge is 2.10. The Hall–Kier alpha value is -1.44. The van der Waals surface area contributed by atoms with Crippen LogP contribution in [0.1, 0.15) is 0 Å². The second-order valence-corrected chi connectivity index (χ2v) is 2.34. The fourth-order valence-corrected chi connectivity index (χ4v) is 1.25. The maximum Gasteiger partial charge on any atom is 0.194 e. The Kier molecular flexibility index (Phi) is 0.520. The molecule has 4 aromatic rings. The molecule has 0 spiro atoms. The first-order valence-corrected chi connectivity index (χ1v) is 3.16. The Morgan fingerprint density at radius 1 is 1.30 bits per heavy atom. The highest BCUT2D eigenvalue weighted by Crippen LogP contribution is 2.25. The SMILES string of the molecule is [c]1c2on1c1ccccc21. The van der Waals surface area contributed by atoms with Crippen LogP contribution < -0.4 is 0 Å². The van der Waals surface area contributed by atoms with E-state index in [4.69, 9.17) is 4.52 Å². The van der Waals surface area contributed by atoms with E-state index in [0.29, 0.717) is 0 Å². The summed E-state index contributed by atoms with van der Waals surface area (Å²) >= 11 is 0. The monoisotopic (exact) mass is 130 g/mol. The lowest BCUT2D eigenvalue weighted by molar-refractivity contribution is 0.367. The molecule has 0 saturated carbocycles. The second-order valence-electron chi connectivity index (χ2n) is 2.34. The van der Waals surface area contributed by atoms with Crippen LogP contribution in [0.2, 0.25) is 0 Å². The minimum absolute atomic E-state index is 0.871. The number of nitrogens with zero attached hydrogens (tertiary/aromatic N) is 1. The molecule has 47 valence electrons. The predicted molar refractivity (Wildman–Crippen MR) is 37.2 cm³/mol. The van der Waals surface area contributed by atoms with Gasteiger partial charge in [-0.25, -0.2) is 0 Å². The van der Waals surface area contributed by atoms with E-state index in [1.807, 2.05) is 24.3 Å². The Morgan fingerprint density at radius 3 is 2.90 bits per heavy atom. The summed E-state index contributed by atoms with van der Waals surface area (Å²) in [6.07, 6.45) is 3.01. The van der Waals surface area contributed by atoms with Gasteiger partial charge in [0.25, 0.3) is 0 Å². The number of benzene rings is 1. The molecule has 10 heavy (non-hydrogen) atoms. The van der Waals surface area contributed by atoms with Crippen molar-refractivity contribution in [2.24, 2.45) is 0 Å². The molecule has 0 unspecified atom stereocenters. The number of para-hydroxylation sites is 1. The Bertz CT molecular complexity index is 408. The summed E-state index contributed by atoms with van der Waals surface area (Å²) in [7, 11) is 0. The molecule has 2 heteroatoms. The van der Waals surface area contributed by atoms with Crippen LogP contribution in [-0.4, -0.2) is 4.57 Å². The molecule has 1 aromatic carbocycles. The Morgan fingerprint density at radius 2 is 2.10 bits per heavy atom. The maximum atomic E-state index is 5.16. The zero-order valence-electron chi connectivity index (χ0n) is 5.16. The van der Waals surface area contributed by atoms with Gasteiger partial charge in [-0.05, 0) is 12.1 Å². The molecule has 3 heterocycles. The lowest BCUT2D eigenvalue weighted by atomic mass is 10.2. The molecule has 1 radical (unpaired) electrons. The standard InChI is InChI=1S/C8H4NO/c1-2-4-7-6(3-1)8-5-9(7)10-8/h1-4H. The van der Waals surface area contributed by atoms with Crippen molar-refractivity contribution >= 4 is 16.5 Å².